The predicted molar refractivity (Wildman–Crippen MR) is 82.4 cm³/mol. The fourth-order valence-electron chi connectivity index (χ4n) is 2.19. The largest absolute Gasteiger partial charge is 0.203 e. The standard InChI is InChI=1S/C16H10F4S2/c1-7-3-9(21-5-7)11-13(17)15(19)12(16(20)14(11)18)10-4-8(2)6-22-10/h3-6H,1-2H3. The number of rotatable bonds is 2. The van der Waals surface area contributed by atoms with Crippen LogP contribution in [0.5, 0.6) is 0 Å². The fourth-order valence-corrected chi connectivity index (χ4v) is 4.05. The van der Waals surface area contributed by atoms with Gasteiger partial charge in [0.15, 0.2) is 23.3 Å². The summed E-state index contributed by atoms with van der Waals surface area (Å²) in [5.74, 6) is -5.44. The number of hydrogen-bond donors (Lipinski definition) is 0. The van der Waals surface area contributed by atoms with Crippen molar-refractivity contribution in [2.45, 2.75) is 13.8 Å². The van der Waals surface area contributed by atoms with Gasteiger partial charge in [-0.05, 0) is 47.9 Å². The molecule has 2 heterocycles. The van der Waals surface area contributed by atoms with Crippen LogP contribution in [0.1, 0.15) is 11.1 Å². The lowest BCUT2D eigenvalue weighted by atomic mass is 10.0. The highest BCUT2D eigenvalue weighted by molar-refractivity contribution is 7.14. The Bertz CT molecular complexity index is 761. The van der Waals surface area contributed by atoms with Crippen molar-refractivity contribution < 1.29 is 17.6 Å². The molecular weight excluding hydrogens is 332 g/mol. The van der Waals surface area contributed by atoms with Crippen molar-refractivity contribution in [2.75, 3.05) is 0 Å². The molecule has 0 atom stereocenters. The number of aryl methyl sites for hydroxylation is 2. The van der Waals surface area contributed by atoms with E-state index in [0.29, 0.717) is 0 Å². The van der Waals surface area contributed by atoms with Crippen LogP contribution < -0.4 is 0 Å². The molecule has 0 fully saturated rings. The molecule has 0 unspecified atom stereocenters. The number of thiophene rings is 2. The third kappa shape index (κ3) is 2.36. The van der Waals surface area contributed by atoms with E-state index in [1.54, 1.807) is 24.6 Å². The third-order valence-corrected chi connectivity index (χ3v) is 5.35. The molecule has 0 bridgehead atoms. The molecule has 0 aliphatic carbocycles. The van der Waals surface area contributed by atoms with Crippen LogP contribution >= 0.6 is 22.7 Å². The van der Waals surface area contributed by atoms with Gasteiger partial charge in [0.1, 0.15) is 0 Å². The molecule has 0 nitrogen and oxygen atoms in total. The summed E-state index contributed by atoms with van der Waals surface area (Å²) in [5.41, 5.74) is 0.255. The first-order chi connectivity index (χ1) is 10.4. The molecule has 22 heavy (non-hydrogen) atoms. The third-order valence-electron chi connectivity index (χ3n) is 3.22. The molecule has 3 aromatic rings. The first-order valence-corrected chi connectivity index (χ1v) is 8.13. The van der Waals surface area contributed by atoms with Crippen LogP contribution in [-0.4, -0.2) is 0 Å². The van der Waals surface area contributed by atoms with Gasteiger partial charge in [-0.1, -0.05) is 0 Å². The summed E-state index contributed by atoms with van der Waals surface area (Å²) in [6, 6.07) is 3.00. The van der Waals surface area contributed by atoms with Crippen molar-refractivity contribution in [1.29, 1.82) is 0 Å². The van der Waals surface area contributed by atoms with Gasteiger partial charge in [0.2, 0.25) is 0 Å². The fraction of sp³-hybridized carbons (Fsp3) is 0.125. The zero-order valence-electron chi connectivity index (χ0n) is 11.6. The quantitative estimate of drug-likeness (QED) is 0.378. The zero-order chi connectivity index (χ0) is 16.0. The summed E-state index contributed by atoms with van der Waals surface area (Å²) in [6.07, 6.45) is 0. The summed E-state index contributed by atoms with van der Waals surface area (Å²) in [7, 11) is 0. The summed E-state index contributed by atoms with van der Waals surface area (Å²) in [5, 5.41) is 3.33. The highest BCUT2D eigenvalue weighted by Gasteiger charge is 2.28. The molecule has 0 amide bonds. The smallest absolute Gasteiger partial charge is 0.171 e. The maximum Gasteiger partial charge on any atom is 0.171 e. The van der Waals surface area contributed by atoms with Crippen LogP contribution in [-0.2, 0) is 0 Å². The molecule has 2 aromatic heterocycles. The Balaban J connectivity index is 2.29. The van der Waals surface area contributed by atoms with Crippen molar-refractivity contribution in [3.63, 3.8) is 0 Å². The lowest BCUT2D eigenvalue weighted by Gasteiger charge is -2.10. The molecule has 0 saturated carbocycles. The zero-order valence-corrected chi connectivity index (χ0v) is 13.3. The lowest BCUT2D eigenvalue weighted by molar-refractivity contribution is 0.463. The van der Waals surface area contributed by atoms with Crippen LogP contribution in [0.2, 0.25) is 0 Å². The summed E-state index contributed by atoms with van der Waals surface area (Å²) in [6.45, 7) is 3.48. The molecule has 114 valence electrons. The maximum atomic E-state index is 14.3. The van der Waals surface area contributed by atoms with E-state index in [1.807, 2.05) is 0 Å². The van der Waals surface area contributed by atoms with Gasteiger partial charge in [0.05, 0.1) is 11.1 Å². The average Bonchev–Trinajstić information content (AvgIpc) is 3.07. The second kappa shape index (κ2) is 5.52. The molecule has 6 heteroatoms. The van der Waals surface area contributed by atoms with Gasteiger partial charge >= 0.3 is 0 Å². The van der Waals surface area contributed by atoms with Gasteiger partial charge in [-0.2, -0.15) is 0 Å². The Hall–Kier alpha value is -1.66. The molecule has 3 rings (SSSR count). The predicted octanol–water partition coefficient (Wildman–Crippen LogP) is 6.32. The van der Waals surface area contributed by atoms with Gasteiger partial charge in [-0.15, -0.1) is 22.7 Å². The van der Waals surface area contributed by atoms with E-state index in [-0.39, 0.29) is 9.75 Å². The molecule has 1 aromatic carbocycles. The second-order valence-corrected chi connectivity index (χ2v) is 6.81. The van der Waals surface area contributed by atoms with E-state index in [2.05, 4.69) is 0 Å². The highest BCUT2D eigenvalue weighted by Crippen LogP contribution is 2.40. The Labute approximate surface area is 132 Å². The second-order valence-electron chi connectivity index (χ2n) is 4.98. The normalized spacial score (nSPS) is 11.2. The van der Waals surface area contributed by atoms with Crippen LogP contribution in [0.25, 0.3) is 20.9 Å². The van der Waals surface area contributed by atoms with Gasteiger partial charge in [0, 0.05) is 9.75 Å². The monoisotopic (exact) mass is 342 g/mol. The Kier molecular flexibility index (Phi) is 3.82. The van der Waals surface area contributed by atoms with E-state index >= 15 is 0 Å². The van der Waals surface area contributed by atoms with Crippen molar-refractivity contribution in [3.8, 4) is 20.9 Å². The van der Waals surface area contributed by atoms with Crippen molar-refractivity contribution in [2.24, 2.45) is 0 Å². The minimum atomic E-state index is -1.36. The minimum Gasteiger partial charge on any atom is -0.203 e. The van der Waals surface area contributed by atoms with Crippen LogP contribution in [0.15, 0.2) is 22.9 Å². The SMILES string of the molecule is Cc1csc(-c2c(F)c(F)c(-c3cc(C)cs3)c(F)c2F)c1. The average molecular weight is 342 g/mol. The summed E-state index contributed by atoms with van der Waals surface area (Å²) >= 11 is 2.09. The molecular formula is C16H10F4S2. The molecule has 0 N–H and O–H groups in total. The molecule has 0 saturated heterocycles. The first kappa shape index (κ1) is 15.2. The summed E-state index contributed by atoms with van der Waals surface area (Å²) in [4.78, 5) is 0.332. The van der Waals surface area contributed by atoms with Crippen LogP contribution in [0.3, 0.4) is 0 Å². The van der Waals surface area contributed by atoms with E-state index < -0.39 is 34.4 Å². The first-order valence-electron chi connectivity index (χ1n) is 6.37. The number of halogens is 4. The van der Waals surface area contributed by atoms with Crippen LogP contribution in [0, 0.1) is 37.1 Å². The maximum absolute atomic E-state index is 14.3. The Morgan fingerprint density at radius 2 is 0.955 bits per heavy atom. The van der Waals surface area contributed by atoms with E-state index in [9.17, 15) is 17.6 Å². The number of benzene rings is 1. The topological polar surface area (TPSA) is 0 Å². The van der Waals surface area contributed by atoms with Crippen molar-refractivity contribution >= 4 is 22.7 Å². The van der Waals surface area contributed by atoms with Gasteiger partial charge in [0.25, 0.3) is 0 Å². The molecule has 0 radical (unpaired) electrons. The van der Waals surface area contributed by atoms with E-state index in [1.165, 1.54) is 12.1 Å². The van der Waals surface area contributed by atoms with Crippen LogP contribution in [0.4, 0.5) is 17.6 Å². The molecule has 0 aliphatic heterocycles. The Morgan fingerprint density at radius 1 is 0.636 bits per heavy atom. The minimum absolute atomic E-state index is 0.166. The van der Waals surface area contributed by atoms with E-state index in [4.69, 9.17) is 0 Å². The lowest BCUT2D eigenvalue weighted by Crippen LogP contribution is -2.02. The van der Waals surface area contributed by atoms with E-state index in [0.717, 1.165) is 33.8 Å². The van der Waals surface area contributed by atoms with Gasteiger partial charge in [-0.3, -0.25) is 0 Å². The highest BCUT2D eigenvalue weighted by atomic mass is 32.1. The number of hydrogen-bond acceptors (Lipinski definition) is 2. The molecule has 0 aliphatic rings. The Morgan fingerprint density at radius 3 is 1.18 bits per heavy atom. The van der Waals surface area contributed by atoms with Gasteiger partial charge < -0.3 is 0 Å². The van der Waals surface area contributed by atoms with Crippen molar-refractivity contribution in [1.82, 2.24) is 0 Å². The van der Waals surface area contributed by atoms with Gasteiger partial charge in [-0.25, -0.2) is 17.6 Å². The summed E-state index contributed by atoms with van der Waals surface area (Å²) < 4.78 is 57.3. The van der Waals surface area contributed by atoms with Crippen molar-refractivity contribution in [3.05, 3.63) is 57.3 Å². The molecule has 0 spiro atoms.